The Bertz CT molecular complexity index is 1020. The van der Waals surface area contributed by atoms with Gasteiger partial charge in [0.15, 0.2) is 17.4 Å². The minimum Gasteiger partial charge on any atom is -0.404 e. The fourth-order valence-corrected chi connectivity index (χ4v) is 3.43. The predicted octanol–water partition coefficient (Wildman–Crippen LogP) is 3.42. The topological polar surface area (TPSA) is 85.2 Å². The molecule has 1 atom stereocenters. The summed E-state index contributed by atoms with van der Waals surface area (Å²) in [6.45, 7) is 1.08. The molecule has 3 aromatic rings. The highest BCUT2D eigenvalue weighted by molar-refractivity contribution is 5.94. The predicted molar refractivity (Wildman–Crippen MR) is 106 cm³/mol. The first-order chi connectivity index (χ1) is 14.9. The van der Waals surface area contributed by atoms with Crippen molar-refractivity contribution in [2.45, 2.75) is 19.2 Å². The molecule has 1 aromatic carbocycles. The van der Waals surface area contributed by atoms with Gasteiger partial charge in [-0.15, -0.1) is 23.4 Å². The number of nitrogens with one attached hydrogen (secondary N) is 1. The number of alkyl halides is 3. The summed E-state index contributed by atoms with van der Waals surface area (Å²) in [5, 5.41) is 15.1. The quantitative estimate of drug-likeness (QED) is 0.665. The van der Waals surface area contributed by atoms with Gasteiger partial charge in [-0.25, -0.2) is 4.68 Å². The van der Waals surface area contributed by atoms with Gasteiger partial charge in [-0.2, -0.15) is 5.10 Å². The summed E-state index contributed by atoms with van der Waals surface area (Å²) in [7, 11) is 0. The van der Waals surface area contributed by atoms with E-state index in [2.05, 4.69) is 25.3 Å². The van der Waals surface area contributed by atoms with E-state index >= 15 is 0 Å². The normalized spacial score (nSPS) is 16.7. The number of amides is 1. The van der Waals surface area contributed by atoms with E-state index in [1.165, 1.54) is 18.2 Å². The zero-order valence-corrected chi connectivity index (χ0v) is 16.3. The monoisotopic (exact) mass is 432 g/mol. The number of nitrogens with zero attached hydrogens (tertiary/aromatic N) is 5. The van der Waals surface area contributed by atoms with Gasteiger partial charge in [0.05, 0.1) is 11.6 Å². The van der Waals surface area contributed by atoms with Gasteiger partial charge < -0.3 is 15.0 Å². The highest BCUT2D eigenvalue weighted by Gasteiger charge is 2.33. The molecule has 0 saturated carbocycles. The van der Waals surface area contributed by atoms with Crippen LogP contribution in [0.2, 0.25) is 0 Å². The van der Waals surface area contributed by atoms with E-state index < -0.39 is 18.0 Å². The fraction of sp³-hybridized carbons (Fsp3) is 0.300. The van der Waals surface area contributed by atoms with Crippen molar-refractivity contribution in [1.29, 1.82) is 0 Å². The van der Waals surface area contributed by atoms with Gasteiger partial charge in [-0.1, -0.05) is 12.1 Å². The molecule has 1 amide bonds. The first-order valence-corrected chi connectivity index (χ1v) is 9.63. The van der Waals surface area contributed by atoms with Gasteiger partial charge in [-0.3, -0.25) is 4.79 Å². The molecule has 2 aromatic heterocycles. The van der Waals surface area contributed by atoms with Crippen molar-refractivity contribution in [1.82, 2.24) is 20.0 Å². The molecule has 4 rings (SSSR count). The van der Waals surface area contributed by atoms with Crippen LogP contribution in [0.25, 0.3) is 5.82 Å². The van der Waals surface area contributed by atoms with Crippen LogP contribution in [0, 0.1) is 5.92 Å². The maximum Gasteiger partial charge on any atom is 0.573 e. The summed E-state index contributed by atoms with van der Waals surface area (Å²) >= 11 is 0. The molecule has 3 heterocycles. The molecule has 31 heavy (non-hydrogen) atoms. The molecule has 1 N–H and O–H groups in total. The van der Waals surface area contributed by atoms with Gasteiger partial charge in [0, 0.05) is 25.5 Å². The van der Waals surface area contributed by atoms with Crippen molar-refractivity contribution in [3.63, 3.8) is 0 Å². The average molecular weight is 432 g/mol. The Morgan fingerprint density at radius 1 is 1.10 bits per heavy atom. The van der Waals surface area contributed by atoms with Crippen LogP contribution in [-0.4, -0.2) is 45.3 Å². The Hall–Kier alpha value is -3.63. The molecule has 1 aliphatic heterocycles. The minimum atomic E-state index is -4.84. The second kappa shape index (κ2) is 8.62. The maximum atomic E-state index is 12.7. The van der Waals surface area contributed by atoms with Crippen molar-refractivity contribution in [2.24, 2.45) is 5.92 Å². The van der Waals surface area contributed by atoms with E-state index in [9.17, 15) is 18.0 Å². The number of benzene rings is 1. The third-order valence-corrected chi connectivity index (χ3v) is 4.86. The number of hydrogen-bond acceptors (Lipinski definition) is 6. The number of carbonyl (C=O) groups excluding carboxylic acids is 1. The third-order valence-electron chi connectivity index (χ3n) is 4.86. The van der Waals surface area contributed by atoms with E-state index in [1.807, 2.05) is 4.90 Å². The number of ether oxygens (including phenoxy) is 1. The number of aromatic nitrogens is 4. The first-order valence-electron chi connectivity index (χ1n) is 9.63. The second-order valence-corrected chi connectivity index (χ2v) is 7.02. The zero-order valence-electron chi connectivity index (χ0n) is 16.3. The van der Waals surface area contributed by atoms with Crippen LogP contribution < -0.4 is 15.0 Å². The lowest BCUT2D eigenvalue weighted by molar-refractivity contribution is -0.274. The van der Waals surface area contributed by atoms with Crippen molar-refractivity contribution < 1.29 is 22.7 Å². The third kappa shape index (κ3) is 5.11. The largest absolute Gasteiger partial charge is 0.573 e. The summed E-state index contributed by atoms with van der Waals surface area (Å²) in [6.07, 6.45) is -0.0963. The molecule has 1 fully saturated rings. The molecule has 0 spiro atoms. The number of para-hydroxylation sites is 2. The van der Waals surface area contributed by atoms with E-state index in [-0.39, 0.29) is 11.6 Å². The van der Waals surface area contributed by atoms with Gasteiger partial charge in [0.2, 0.25) is 5.91 Å². The van der Waals surface area contributed by atoms with Crippen LogP contribution in [0.15, 0.2) is 54.9 Å². The first kappa shape index (κ1) is 20.6. The molecule has 1 unspecified atom stereocenters. The Morgan fingerprint density at radius 2 is 1.87 bits per heavy atom. The standard InChI is InChI=1S/C20H19F3N6O2/c21-20(22,23)31-16-7-2-1-6-15(16)25-19(30)14-5-3-11-28(13-14)17-8-9-18(27-26-17)29-12-4-10-24-29/h1-2,4,6-10,12,14H,3,5,11,13H2,(H,25,30). The Labute approximate surface area is 175 Å². The Kier molecular flexibility index (Phi) is 5.74. The van der Waals surface area contributed by atoms with Crippen molar-refractivity contribution >= 4 is 17.4 Å². The molecule has 1 aliphatic rings. The number of halogens is 3. The highest BCUT2D eigenvalue weighted by Crippen LogP contribution is 2.31. The van der Waals surface area contributed by atoms with E-state index in [0.29, 0.717) is 31.1 Å². The van der Waals surface area contributed by atoms with E-state index in [1.54, 1.807) is 35.3 Å². The molecule has 11 heteroatoms. The summed E-state index contributed by atoms with van der Waals surface area (Å²) in [5.74, 6) is -0.0454. The van der Waals surface area contributed by atoms with Gasteiger partial charge in [0.25, 0.3) is 0 Å². The molecule has 0 bridgehead atoms. The number of rotatable bonds is 5. The van der Waals surface area contributed by atoms with E-state index in [0.717, 1.165) is 12.5 Å². The Morgan fingerprint density at radius 3 is 2.58 bits per heavy atom. The molecular formula is C20H19F3N6O2. The minimum absolute atomic E-state index is 0.0229. The molecule has 8 nitrogen and oxygen atoms in total. The van der Waals surface area contributed by atoms with Crippen LogP contribution in [0.4, 0.5) is 24.7 Å². The van der Waals surface area contributed by atoms with Gasteiger partial charge >= 0.3 is 6.36 Å². The summed E-state index contributed by atoms with van der Waals surface area (Å²) < 4.78 is 43.4. The van der Waals surface area contributed by atoms with Crippen LogP contribution in [-0.2, 0) is 4.79 Å². The molecule has 1 saturated heterocycles. The SMILES string of the molecule is O=C(Nc1ccccc1OC(F)(F)F)C1CCCN(c2ccc(-n3cccn3)nn2)C1. The highest BCUT2D eigenvalue weighted by atomic mass is 19.4. The van der Waals surface area contributed by atoms with Gasteiger partial charge in [0.1, 0.15) is 0 Å². The van der Waals surface area contributed by atoms with Crippen LogP contribution in [0.1, 0.15) is 12.8 Å². The fourth-order valence-electron chi connectivity index (χ4n) is 3.43. The number of piperidine rings is 1. The van der Waals surface area contributed by atoms with Crippen LogP contribution in [0.5, 0.6) is 5.75 Å². The Balaban J connectivity index is 1.42. The molecule has 162 valence electrons. The maximum absolute atomic E-state index is 12.7. The molecule has 0 aliphatic carbocycles. The van der Waals surface area contributed by atoms with Crippen LogP contribution in [0.3, 0.4) is 0 Å². The lowest BCUT2D eigenvalue weighted by atomic mass is 9.97. The molecular weight excluding hydrogens is 413 g/mol. The number of anilines is 2. The summed E-state index contributed by atoms with van der Waals surface area (Å²) in [4.78, 5) is 14.7. The van der Waals surface area contributed by atoms with Crippen LogP contribution >= 0.6 is 0 Å². The summed E-state index contributed by atoms with van der Waals surface area (Å²) in [6, 6.07) is 10.8. The molecule has 0 radical (unpaired) electrons. The second-order valence-electron chi connectivity index (χ2n) is 7.02. The number of hydrogen-bond donors (Lipinski definition) is 1. The summed E-state index contributed by atoms with van der Waals surface area (Å²) in [5.41, 5.74) is -0.0229. The van der Waals surface area contributed by atoms with Crippen molar-refractivity contribution in [3.05, 3.63) is 54.9 Å². The van der Waals surface area contributed by atoms with Gasteiger partial charge in [-0.05, 0) is 43.2 Å². The van der Waals surface area contributed by atoms with Crippen molar-refractivity contribution in [3.8, 4) is 11.6 Å². The lowest BCUT2D eigenvalue weighted by Gasteiger charge is -2.32. The number of carbonyl (C=O) groups is 1. The van der Waals surface area contributed by atoms with Crippen molar-refractivity contribution in [2.75, 3.05) is 23.3 Å². The smallest absolute Gasteiger partial charge is 0.404 e. The lowest BCUT2D eigenvalue weighted by Crippen LogP contribution is -2.41. The van der Waals surface area contributed by atoms with E-state index in [4.69, 9.17) is 0 Å². The zero-order chi connectivity index (χ0) is 21.8. The average Bonchev–Trinajstić information content (AvgIpc) is 3.29.